The second kappa shape index (κ2) is 11.8. The molecule has 0 saturated carbocycles. The molecule has 2 aromatic heterocycles. The summed E-state index contributed by atoms with van der Waals surface area (Å²) in [5.41, 5.74) is 0.143. The molecule has 6 atom stereocenters. The van der Waals surface area contributed by atoms with Crippen LogP contribution < -0.4 is 15.8 Å². The lowest BCUT2D eigenvalue weighted by Crippen LogP contribution is -2.51. The minimum absolute atomic E-state index is 0.0329. The Labute approximate surface area is 240 Å². The van der Waals surface area contributed by atoms with Crippen LogP contribution in [0.1, 0.15) is 40.8 Å². The van der Waals surface area contributed by atoms with E-state index in [9.17, 15) is 23.7 Å². The highest BCUT2D eigenvalue weighted by atomic mass is 31.2. The van der Waals surface area contributed by atoms with E-state index in [-0.39, 0.29) is 22.7 Å². The van der Waals surface area contributed by atoms with E-state index < -0.39 is 73.7 Å². The Kier molecular flexibility index (Phi) is 8.85. The first-order valence-corrected chi connectivity index (χ1v) is 15.0. The average molecular weight is 613 g/mol. The standard InChI is InChI=1S/C27H35F2N4O8P/c1-15(2)38-23(36)16(3)13-42(37,40-17-9-7-6-8-10-17)41-26(4,5)20-19(34)27(29,14-28)24(39-20)33-12-11-18-21(33)31-25(30)32-22(18)35/h6-12,15-16,19-20,24,34H,13-14H2,1-5H3,(H3,30,31,32,35)/t16-,19+,20+,24-,27?,42?/m1/s1. The summed E-state index contributed by atoms with van der Waals surface area (Å²) in [7, 11) is -4.27. The van der Waals surface area contributed by atoms with Crippen LogP contribution in [0.4, 0.5) is 14.7 Å². The van der Waals surface area contributed by atoms with Gasteiger partial charge < -0.3 is 29.4 Å². The molecule has 4 rings (SSSR count). The number of rotatable bonds is 11. The number of H-pyrrole nitrogens is 1. The molecule has 1 fully saturated rings. The van der Waals surface area contributed by atoms with Gasteiger partial charge in [0.05, 0.1) is 23.6 Å². The van der Waals surface area contributed by atoms with Crippen LogP contribution in [0.5, 0.6) is 5.75 Å². The molecule has 15 heteroatoms. The van der Waals surface area contributed by atoms with E-state index in [1.54, 1.807) is 32.0 Å². The lowest BCUT2D eigenvalue weighted by atomic mass is 9.89. The number of nitrogens with one attached hydrogen (secondary N) is 1. The molecule has 230 valence electrons. The topological polar surface area (TPSA) is 168 Å². The van der Waals surface area contributed by atoms with Crippen molar-refractivity contribution in [3.8, 4) is 5.75 Å². The number of nitrogen functional groups attached to an aromatic ring is 1. The highest BCUT2D eigenvalue weighted by molar-refractivity contribution is 7.54. The number of para-hydroxylation sites is 1. The molecule has 4 N–H and O–H groups in total. The number of ether oxygens (including phenoxy) is 2. The second-order valence-corrected chi connectivity index (χ2v) is 13.1. The SMILES string of the molecule is CC(C)OC(=O)[C@H](C)CP(=O)(Oc1ccccc1)OC(C)(C)[C@H]1O[C@@H](n2ccc3c(=O)[nH]c(N)nc32)C(F)(CF)[C@H]1O. The number of fused-ring (bicyclic) bond motifs is 1. The molecule has 1 aliphatic heterocycles. The summed E-state index contributed by atoms with van der Waals surface area (Å²) in [6.07, 6.45) is -5.14. The number of benzene rings is 1. The molecule has 1 saturated heterocycles. The molecule has 1 aromatic carbocycles. The van der Waals surface area contributed by atoms with Gasteiger partial charge in [-0.3, -0.25) is 19.1 Å². The fraction of sp³-hybridized carbons (Fsp3) is 0.519. The van der Waals surface area contributed by atoms with Crippen molar-refractivity contribution in [2.75, 3.05) is 18.6 Å². The number of alkyl halides is 2. The number of halogens is 2. The van der Waals surface area contributed by atoms with E-state index >= 15 is 4.39 Å². The van der Waals surface area contributed by atoms with E-state index in [2.05, 4.69) is 9.97 Å². The summed E-state index contributed by atoms with van der Waals surface area (Å²) in [5, 5.41) is 11.1. The van der Waals surface area contributed by atoms with Gasteiger partial charge in [-0.05, 0) is 45.9 Å². The summed E-state index contributed by atoms with van der Waals surface area (Å²) >= 11 is 0. The first kappa shape index (κ1) is 31.6. The number of nitrogens with two attached hydrogens (primary N) is 1. The van der Waals surface area contributed by atoms with Gasteiger partial charge in [-0.1, -0.05) is 25.1 Å². The van der Waals surface area contributed by atoms with E-state index in [1.165, 1.54) is 45.2 Å². The van der Waals surface area contributed by atoms with Crippen molar-refractivity contribution in [1.82, 2.24) is 14.5 Å². The maximum Gasteiger partial charge on any atom is 0.380 e. The number of esters is 1. The lowest BCUT2D eigenvalue weighted by Gasteiger charge is -2.36. The Balaban J connectivity index is 1.68. The molecule has 0 amide bonds. The zero-order valence-electron chi connectivity index (χ0n) is 23.8. The molecule has 0 bridgehead atoms. The Morgan fingerprint density at radius 1 is 1.29 bits per heavy atom. The van der Waals surface area contributed by atoms with Crippen molar-refractivity contribution < 1.29 is 41.8 Å². The Morgan fingerprint density at radius 3 is 2.57 bits per heavy atom. The van der Waals surface area contributed by atoms with E-state index in [0.29, 0.717) is 0 Å². The van der Waals surface area contributed by atoms with Crippen LogP contribution in [0.25, 0.3) is 11.0 Å². The summed E-state index contributed by atoms with van der Waals surface area (Å²) in [6.45, 7) is 5.89. The number of carbonyl (C=O) groups is 1. The fourth-order valence-electron chi connectivity index (χ4n) is 4.86. The third-order valence-corrected chi connectivity index (χ3v) is 9.05. The van der Waals surface area contributed by atoms with Crippen molar-refractivity contribution in [2.45, 2.75) is 70.4 Å². The quantitative estimate of drug-likeness (QED) is 0.213. The molecule has 0 aliphatic carbocycles. The van der Waals surface area contributed by atoms with E-state index in [4.69, 9.17) is 24.3 Å². The predicted octanol–water partition coefficient (Wildman–Crippen LogP) is 3.90. The maximum absolute atomic E-state index is 16.3. The Hall–Kier alpha value is -3.32. The van der Waals surface area contributed by atoms with Crippen LogP contribution in [-0.4, -0.2) is 68.0 Å². The molecule has 0 radical (unpaired) electrons. The van der Waals surface area contributed by atoms with Crippen molar-refractivity contribution in [1.29, 1.82) is 0 Å². The van der Waals surface area contributed by atoms with Crippen LogP contribution in [-0.2, 0) is 23.4 Å². The largest absolute Gasteiger partial charge is 0.463 e. The van der Waals surface area contributed by atoms with Gasteiger partial charge in [0.15, 0.2) is 11.9 Å². The second-order valence-electron chi connectivity index (χ2n) is 11.1. The molecule has 42 heavy (non-hydrogen) atoms. The molecule has 3 heterocycles. The Morgan fingerprint density at radius 2 is 1.95 bits per heavy atom. The molecular weight excluding hydrogens is 577 g/mol. The molecule has 3 aromatic rings. The maximum atomic E-state index is 16.3. The lowest BCUT2D eigenvalue weighted by molar-refractivity contribution is -0.151. The van der Waals surface area contributed by atoms with Gasteiger partial charge in [0.1, 0.15) is 30.2 Å². The summed E-state index contributed by atoms with van der Waals surface area (Å²) in [5.74, 6) is -1.67. The number of nitrogens with zero attached hydrogens (tertiary/aromatic N) is 2. The van der Waals surface area contributed by atoms with Gasteiger partial charge in [-0.25, -0.2) is 13.3 Å². The normalized spacial score (nSPS) is 24.9. The zero-order valence-corrected chi connectivity index (χ0v) is 24.7. The van der Waals surface area contributed by atoms with Gasteiger partial charge >= 0.3 is 13.6 Å². The predicted molar refractivity (Wildman–Crippen MR) is 150 cm³/mol. The summed E-state index contributed by atoms with van der Waals surface area (Å²) < 4.78 is 68.8. The van der Waals surface area contributed by atoms with Crippen LogP contribution in [0.2, 0.25) is 0 Å². The highest BCUT2D eigenvalue weighted by Crippen LogP contribution is 2.56. The number of aromatic nitrogens is 3. The monoisotopic (exact) mass is 612 g/mol. The van der Waals surface area contributed by atoms with Gasteiger partial charge in [0, 0.05) is 6.20 Å². The summed E-state index contributed by atoms with van der Waals surface area (Å²) in [6, 6.07) is 9.38. The van der Waals surface area contributed by atoms with Gasteiger partial charge in [0.25, 0.3) is 5.56 Å². The van der Waals surface area contributed by atoms with Crippen molar-refractivity contribution >= 4 is 30.5 Å². The highest BCUT2D eigenvalue weighted by Gasteiger charge is 2.63. The van der Waals surface area contributed by atoms with Crippen LogP contribution in [0.15, 0.2) is 47.4 Å². The Bertz CT molecular complexity index is 1530. The van der Waals surface area contributed by atoms with Gasteiger partial charge in [-0.2, -0.15) is 4.98 Å². The molecule has 2 unspecified atom stereocenters. The number of hydrogen-bond donors (Lipinski definition) is 3. The number of hydrogen-bond acceptors (Lipinski definition) is 10. The minimum Gasteiger partial charge on any atom is -0.463 e. The van der Waals surface area contributed by atoms with E-state index in [1.807, 2.05) is 0 Å². The third-order valence-electron chi connectivity index (χ3n) is 6.82. The number of anilines is 1. The van der Waals surface area contributed by atoms with Crippen molar-refractivity contribution in [3.63, 3.8) is 0 Å². The third kappa shape index (κ3) is 6.22. The van der Waals surface area contributed by atoms with Crippen molar-refractivity contribution in [3.05, 3.63) is 52.9 Å². The smallest absolute Gasteiger partial charge is 0.380 e. The number of aliphatic hydroxyl groups excluding tert-OH is 1. The molecular formula is C27H35F2N4O8P. The minimum atomic E-state index is -4.27. The van der Waals surface area contributed by atoms with Crippen LogP contribution >= 0.6 is 7.60 Å². The first-order valence-electron chi connectivity index (χ1n) is 13.3. The zero-order chi connectivity index (χ0) is 31.0. The number of aromatic amines is 1. The fourth-order valence-corrected chi connectivity index (χ4v) is 7.13. The van der Waals surface area contributed by atoms with E-state index in [0.717, 1.165) is 4.57 Å². The molecule has 0 spiro atoms. The van der Waals surface area contributed by atoms with Gasteiger partial charge in [-0.15, -0.1) is 0 Å². The van der Waals surface area contributed by atoms with Gasteiger partial charge in [0.2, 0.25) is 11.6 Å². The average Bonchev–Trinajstić information content (AvgIpc) is 3.42. The molecule has 1 aliphatic rings. The van der Waals surface area contributed by atoms with Crippen molar-refractivity contribution in [2.24, 2.45) is 5.92 Å². The first-order chi connectivity index (χ1) is 19.6. The summed E-state index contributed by atoms with van der Waals surface area (Å²) in [4.78, 5) is 31.2. The molecule has 12 nitrogen and oxygen atoms in total. The number of carbonyl (C=O) groups excluding carboxylic acids is 1. The van der Waals surface area contributed by atoms with Crippen LogP contribution in [0, 0.1) is 5.92 Å². The van der Waals surface area contributed by atoms with Crippen LogP contribution in [0.3, 0.4) is 0 Å². The number of aliphatic hydroxyl groups is 1.